The lowest BCUT2D eigenvalue weighted by atomic mass is 9.97. The van der Waals surface area contributed by atoms with E-state index in [0.717, 1.165) is 5.57 Å². The van der Waals surface area contributed by atoms with Gasteiger partial charge in [0.05, 0.1) is 6.10 Å². The Morgan fingerprint density at radius 2 is 2.04 bits per heavy atom. The molecule has 0 aliphatic rings. The summed E-state index contributed by atoms with van der Waals surface area (Å²) < 4.78 is 10.3. The highest BCUT2D eigenvalue weighted by Crippen LogP contribution is 2.14. The van der Waals surface area contributed by atoms with Gasteiger partial charge in [-0.25, -0.2) is 4.79 Å². The standard InChI is InChI=1S/C18H25NO4/c1-5-16(22-4)17(20)14(3)11-13(2)12-23-18(21)19-15-9-7-6-8-10-15/h5-11,14,16-17,20H,1,12H2,2-4H3,(H,19,21)/b13-11-. The van der Waals surface area contributed by atoms with Crippen molar-refractivity contribution < 1.29 is 19.4 Å². The van der Waals surface area contributed by atoms with Crippen LogP contribution in [0.25, 0.3) is 0 Å². The monoisotopic (exact) mass is 319 g/mol. The number of carbonyl (C=O) groups is 1. The van der Waals surface area contributed by atoms with Crippen LogP contribution in [0.5, 0.6) is 0 Å². The van der Waals surface area contributed by atoms with E-state index in [2.05, 4.69) is 11.9 Å². The smallest absolute Gasteiger partial charge is 0.411 e. The summed E-state index contributed by atoms with van der Waals surface area (Å²) in [5.74, 6) is -0.154. The second-order valence-electron chi connectivity index (χ2n) is 5.37. The molecule has 0 fully saturated rings. The van der Waals surface area contributed by atoms with E-state index < -0.39 is 18.3 Å². The van der Waals surface area contributed by atoms with E-state index in [0.29, 0.717) is 5.69 Å². The number of amides is 1. The summed E-state index contributed by atoms with van der Waals surface area (Å²) in [6, 6.07) is 9.09. The molecule has 1 aromatic carbocycles. The Balaban J connectivity index is 2.47. The third kappa shape index (κ3) is 6.67. The summed E-state index contributed by atoms with van der Waals surface area (Å²) in [7, 11) is 1.52. The third-order valence-electron chi connectivity index (χ3n) is 3.38. The highest BCUT2D eigenvalue weighted by Gasteiger charge is 2.20. The van der Waals surface area contributed by atoms with Crippen LogP contribution in [0.1, 0.15) is 13.8 Å². The number of para-hydroxylation sites is 1. The summed E-state index contributed by atoms with van der Waals surface area (Å²) in [4.78, 5) is 11.7. The summed E-state index contributed by atoms with van der Waals surface area (Å²) in [6.07, 6.45) is 1.77. The molecule has 23 heavy (non-hydrogen) atoms. The number of benzene rings is 1. The zero-order valence-electron chi connectivity index (χ0n) is 13.9. The minimum Gasteiger partial charge on any atom is -0.445 e. The SMILES string of the molecule is C=CC(OC)C(O)C(C)/C=C(/C)COC(=O)Nc1ccccc1. The van der Waals surface area contributed by atoms with Gasteiger partial charge in [-0.3, -0.25) is 5.32 Å². The number of anilines is 1. The van der Waals surface area contributed by atoms with Gasteiger partial charge in [-0.1, -0.05) is 37.3 Å². The Bertz CT molecular complexity index is 527. The molecule has 0 spiro atoms. The predicted octanol–water partition coefficient (Wildman–Crippen LogP) is 3.38. The number of methoxy groups -OCH3 is 1. The molecule has 0 bridgehead atoms. The second-order valence-corrected chi connectivity index (χ2v) is 5.37. The zero-order chi connectivity index (χ0) is 17.2. The van der Waals surface area contributed by atoms with Gasteiger partial charge in [-0.05, 0) is 24.6 Å². The number of aliphatic hydroxyl groups excluding tert-OH is 1. The first-order valence-corrected chi connectivity index (χ1v) is 7.47. The number of hydrogen-bond acceptors (Lipinski definition) is 4. The fourth-order valence-electron chi connectivity index (χ4n) is 2.12. The Kier molecular flexibility index (Phi) is 8.08. The molecule has 0 aliphatic heterocycles. The Morgan fingerprint density at radius 1 is 1.39 bits per heavy atom. The van der Waals surface area contributed by atoms with Crippen molar-refractivity contribution >= 4 is 11.8 Å². The van der Waals surface area contributed by atoms with Crippen LogP contribution in [-0.4, -0.2) is 37.1 Å². The average molecular weight is 319 g/mol. The molecule has 3 atom stereocenters. The van der Waals surface area contributed by atoms with Gasteiger partial charge < -0.3 is 14.6 Å². The van der Waals surface area contributed by atoms with Crippen molar-refractivity contribution in [2.45, 2.75) is 26.1 Å². The van der Waals surface area contributed by atoms with Crippen LogP contribution < -0.4 is 5.32 Å². The molecule has 2 N–H and O–H groups in total. The van der Waals surface area contributed by atoms with Crippen LogP contribution in [-0.2, 0) is 9.47 Å². The summed E-state index contributed by atoms with van der Waals surface area (Å²) in [5.41, 5.74) is 1.52. The molecular formula is C18H25NO4. The molecule has 5 heteroatoms. The maximum Gasteiger partial charge on any atom is 0.411 e. The number of ether oxygens (including phenoxy) is 2. The van der Waals surface area contributed by atoms with Crippen LogP contribution in [0.3, 0.4) is 0 Å². The van der Waals surface area contributed by atoms with Gasteiger partial charge in [0.15, 0.2) is 0 Å². The Hall–Kier alpha value is -2.11. The minimum absolute atomic E-state index is 0.154. The lowest BCUT2D eigenvalue weighted by molar-refractivity contribution is -0.00161. The minimum atomic E-state index is -0.703. The molecule has 0 saturated heterocycles. The highest BCUT2D eigenvalue weighted by molar-refractivity contribution is 5.84. The van der Waals surface area contributed by atoms with E-state index in [-0.39, 0.29) is 12.5 Å². The van der Waals surface area contributed by atoms with Gasteiger partial charge in [0.1, 0.15) is 12.7 Å². The lowest BCUT2D eigenvalue weighted by Gasteiger charge is -2.22. The van der Waals surface area contributed by atoms with Crippen LogP contribution in [0, 0.1) is 5.92 Å². The van der Waals surface area contributed by atoms with Crippen LogP contribution >= 0.6 is 0 Å². The average Bonchev–Trinajstić information content (AvgIpc) is 2.55. The van der Waals surface area contributed by atoms with E-state index in [9.17, 15) is 9.90 Å². The topological polar surface area (TPSA) is 67.8 Å². The molecule has 1 aromatic rings. The number of carbonyl (C=O) groups excluding carboxylic acids is 1. The Morgan fingerprint density at radius 3 is 2.61 bits per heavy atom. The maximum atomic E-state index is 11.7. The van der Waals surface area contributed by atoms with Crippen molar-refractivity contribution in [3.05, 3.63) is 54.6 Å². The predicted molar refractivity (Wildman–Crippen MR) is 91.3 cm³/mol. The van der Waals surface area contributed by atoms with E-state index in [1.54, 1.807) is 18.2 Å². The molecule has 0 aromatic heterocycles. The molecule has 0 radical (unpaired) electrons. The number of nitrogens with one attached hydrogen (secondary N) is 1. The number of rotatable bonds is 8. The van der Waals surface area contributed by atoms with Crippen molar-refractivity contribution in [3.8, 4) is 0 Å². The number of aliphatic hydroxyl groups is 1. The first-order valence-electron chi connectivity index (χ1n) is 7.47. The molecule has 1 amide bonds. The van der Waals surface area contributed by atoms with E-state index >= 15 is 0 Å². The zero-order valence-corrected chi connectivity index (χ0v) is 13.9. The molecule has 1 rings (SSSR count). The quantitative estimate of drug-likeness (QED) is 0.721. The fraction of sp³-hybridized carbons (Fsp3) is 0.389. The van der Waals surface area contributed by atoms with Crippen molar-refractivity contribution in [2.75, 3.05) is 19.0 Å². The molecule has 0 saturated carbocycles. The van der Waals surface area contributed by atoms with Crippen molar-refractivity contribution in [1.82, 2.24) is 0 Å². The Labute approximate surface area is 137 Å². The second kappa shape index (κ2) is 9.82. The highest BCUT2D eigenvalue weighted by atomic mass is 16.5. The first kappa shape index (κ1) is 18.9. The largest absolute Gasteiger partial charge is 0.445 e. The van der Waals surface area contributed by atoms with Crippen molar-refractivity contribution in [1.29, 1.82) is 0 Å². The summed E-state index contributed by atoms with van der Waals surface area (Å²) in [6.45, 7) is 7.50. The summed E-state index contributed by atoms with van der Waals surface area (Å²) >= 11 is 0. The van der Waals surface area contributed by atoms with E-state index in [4.69, 9.17) is 9.47 Å². The molecule has 0 aliphatic carbocycles. The van der Waals surface area contributed by atoms with Gasteiger partial charge in [0.2, 0.25) is 0 Å². The first-order chi connectivity index (χ1) is 11.0. The molecule has 3 unspecified atom stereocenters. The number of hydrogen-bond donors (Lipinski definition) is 2. The van der Waals surface area contributed by atoms with Gasteiger partial charge in [-0.2, -0.15) is 0 Å². The molecule has 5 nitrogen and oxygen atoms in total. The van der Waals surface area contributed by atoms with Gasteiger partial charge in [0.25, 0.3) is 0 Å². The molecule has 126 valence electrons. The van der Waals surface area contributed by atoms with Crippen molar-refractivity contribution in [3.63, 3.8) is 0 Å². The van der Waals surface area contributed by atoms with Gasteiger partial charge in [0, 0.05) is 18.7 Å². The van der Waals surface area contributed by atoms with E-state index in [1.807, 2.05) is 38.1 Å². The normalized spacial score (nSPS) is 15.4. The van der Waals surface area contributed by atoms with Crippen LogP contribution in [0.4, 0.5) is 10.5 Å². The molecule has 0 heterocycles. The fourth-order valence-corrected chi connectivity index (χ4v) is 2.12. The summed E-state index contributed by atoms with van der Waals surface area (Å²) in [5, 5.41) is 12.8. The lowest BCUT2D eigenvalue weighted by Crippen LogP contribution is -2.31. The van der Waals surface area contributed by atoms with E-state index in [1.165, 1.54) is 7.11 Å². The van der Waals surface area contributed by atoms with Crippen molar-refractivity contribution in [2.24, 2.45) is 5.92 Å². The van der Waals surface area contributed by atoms with Crippen LogP contribution in [0.2, 0.25) is 0 Å². The third-order valence-corrected chi connectivity index (χ3v) is 3.38. The maximum absolute atomic E-state index is 11.7. The van der Waals surface area contributed by atoms with Gasteiger partial charge in [-0.15, -0.1) is 6.58 Å². The molecular weight excluding hydrogens is 294 g/mol. The van der Waals surface area contributed by atoms with Gasteiger partial charge >= 0.3 is 6.09 Å². The van der Waals surface area contributed by atoms with Crippen LogP contribution in [0.15, 0.2) is 54.6 Å².